The summed E-state index contributed by atoms with van der Waals surface area (Å²) >= 11 is 0. The lowest BCUT2D eigenvalue weighted by Crippen LogP contribution is -2.34. The van der Waals surface area contributed by atoms with Crippen molar-refractivity contribution in [2.24, 2.45) is 5.92 Å². The Balaban J connectivity index is 2.05. The van der Waals surface area contributed by atoms with E-state index >= 15 is 0 Å². The summed E-state index contributed by atoms with van der Waals surface area (Å²) in [4.78, 5) is 11.6. The van der Waals surface area contributed by atoms with Gasteiger partial charge in [0.2, 0.25) is 5.91 Å². The molecule has 1 N–H and O–H groups in total. The van der Waals surface area contributed by atoms with Crippen LogP contribution in [0.2, 0.25) is 0 Å². The van der Waals surface area contributed by atoms with Crippen molar-refractivity contribution in [1.82, 2.24) is 5.32 Å². The maximum absolute atomic E-state index is 11.6. The van der Waals surface area contributed by atoms with Crippen LogP contribution in [-0.2, 0) is 9.53 Å². The van der Waals surface area contributed by atoms with Gasteiger partial charge in [-0.15, -0.1) is 12.3 Å². The number of unbranched alkanes of at least 4 members (excludes halogenated alkanes) is 2. The molecule has 0 aromatic carbocycles. The number of terminal acetylenes is 1. The monoisotopic (exact) mass is 209 g/mol. The summed E-state index contributed by atoms with van der Waals surface area (Å²) < 4.78 is 5.21. The van der Waals surface area contributed by atoms with Crippen molar-refractivity contribution >= 4 is 5.91 Å². The fraction of sp³-hybridized carbons (Fsp3) is 0.750. The van der Waals surface area contributed by atoms with Gasteiger partial charge in [0.1, 0.15) is 0 Å². The zero-order chi connectivity index (χ0) is 10.9. The number of rotatable bonds is 5. The van der Waals surface area contributed by atoms with Crippen molar-refractivity contribution in [3.63, 3.8) is 0 Å². The Morgan fingerprint density at radius 2 is 2.13 bits per heavy atom. The number of ether oxygens (including phenoxy) is 1. The minimum absolute atomic E-state index is 0.159. The third-order valence-electron chi connectivity index (χ3n) is 2.64. The minimum atomic E-state index is 0.159. The molecule has 0 spiro atoms. The highest BCUT2D eigenvalue weighted by Gasteiger charge is 2.20. The molecule has 0 unspecified atom stereocenters. The molecule has 1 aliphatic rings. The fourth-order valence-corrected chi connectivity index (χ4v) is 1.67. The van der Waals surface area contributed by atoms with Gasteiger partial charge in [0.05, 0.1) is 0 Å². The zero-order valence-electron chi connectivity index (χ0n) is 9.13. The van der Waals surface area contributed by atoms with Crippen molar-refractivity contribution in [2.75, 3.05) is 19.8 Å². The Bertz CT molecular complexity index is 226. The highest BCUT2D eigenvalue weighted by Crippen LogP contribution is 2.14. The molecule has 0 atom stereocenters. The van der Waals surface area contributed by atoms with Crippen LogP contribution < -0.4 is 5.32 Å². The van der Waals surface area contributed by atoms with Gasteiger partial charge >= 0.3 is 0 Å². The zero-order valence-corrected chi connectivity index (χ0v) is 9.13. The van der Waals surface area contributed by atoms with Gasteiger partial charge < -0.3 is 10.1 Å². The van der Waals surface area contributed by atoms with Gasteiger partial charge in [0, 0.05) is 32.1 Å². The summed E-state index contributed by atoms with van der Waals surface area (Å²) in [5.41, 5.74) is 0. The molecule has 1 aliphatic heterocycles. The van der Waals surface area contributed by atoms with Crippen LogP contribution in [0, 0.1) is 18.3 Å². The predicted molar refractivity (Wildman–Crippen MR) is 59.2 cm³/mol. The van der Waals surface area contributed by atoms with E-state index in [1.807, 2.05) is 0 Å². The summed E-state index contributed by atoms with van der Waals surface area (Å²) in [6.45, 7) is 2.18. The molecule has 1 amide bonds. The number of hydrogen-bond acceptors (Lipinski definition) is 2. The van der Waals surface area contributed by atoms with Crippen LogP contribution >= 0.6 is 0 Å². The van der Waals surface area contributed by atoms with E-state index in [0.29, 0.717) is 0 Å². The molecule has 1 rings (SSSR count). The molecule has 84 valence electrons. The van der Waals surface area contributed by atoms with Crippen LogP contribution in [-0.4, -0.2) is 25.7 Å². The minimum Gasteiger partial charge on any atom is -0.381 e. The van der Waals surface area contributed by atoms with Crippen LogP contribution in [0.3, 0.4) is 0 Å². The summed E-state index contributed by atoms with van der Waals surface area (Å²) in [5.74, 6) is 2.93. The topological polar surface area (TPSA) is 38.3 Å². The van der Waals surface area contributed by atoms with Gasteiger partial charge in [-0.2, -0.15) is 0 Å². The first kappa shape index (κ1) is 12.1. The molecule has 0 saturated carbocycles. The normalized spacial score (nSPS) is 17.0. The molecule has 0 aromatic rings. The summed E-state index contributed by atoms with van der Waals surface area (Å²) in [7, 11) is 0. The van der Waals surface area contributed by atoms with Gasteiger partial charge in [-0.25, -0.2) is 0 Å². The predicted octanol–water partition coefficient (Wildman–Crippen LogP) is 1.33. The van der Waals surface area contributed by atoms with Crippen LogP contribution in [0.4, 0.5) is 0 Å². The van der Waals surface area contributed by atoms with Crippen molar-refractivity contribution in [3.8, 4) is 12.3 Å². The molecule has 1 saturated heterocycles. The second-order valence-corrected chi connectivity index (χ2v) is 3.84. The Hall–Kier alpha value is -1.01. The molecule has 0 radical (unpaired) electrons. The molecule has 3 heteroatoms. The van der Waals surface area contributed by atoms with E-state index in [1.165, 1.54) is 0 Å². The molecule has 0 aliphatic carbocycles. The first-order valence-corrected chi connectivity index (χ1v) is 5.63. The molecule has 3 nitrogen and oxygen atoms in total. The maximum Gasteiger partial charge on any atom is 0.223 e. The van der Waals surface area contributed by atoms with Crippen molar-refractivity contribution < 1.29 is 9.53 Å². The molecular formula is C12H19NO2. The summed E-state index contributed by atoms with van der Waals surface area (Å²) in [5, 5.41) is 2.95. The Morgan fingerprint density at radius 1 is 1.40 bits per heavy atom. The van der Waals surface area contributed by atoms with E-state index in [2.05, 4.69) is 11.2 Å². The van der Waals surface area contributed by atoms with E-state index < -0.39 is 0 Å². The number of hydrogen-bond donors (Lipinski definition) is 1. The Morgan fingerprint density at radius 3 is 2.80 bits per heavy atom. The van der Waals surface area contributed by atoms with E-state index in [4.69, 9.17) is 11.2 Å². The summed E-state index contributed by atoms with van der Waals surface area (Å²) in [6.07, 6.45) is 9.61. The highest BCUT2D eigenvalue weighted by atomic mass is 16.5. The lowest BCUT2D eigenvalue weighted by Gasteiger charge is -2.21. The first-order valence-electron chi connectivity index (χ1n) is 5.63. The quantitative estimate of drug-likeness (QED) is 0.548. The largest absolute Gasteiger partial charge is 0.381 e. The second-order valence-electron chi connectivity index (χ2n) is 3.84. The van der Waals surface area contributed by atoms with Gasteiger partial charge in [0.25, 0.3) is 0 Å². The van der Waals surface area contributed by atoms with Crippen molar-refractivity contribution in [2.45, 2.75) is 32.1 Å². The van der Waals surface area contributed by atoms with Crippen molar-refractivity contribution in [1.29, 1.82) is 0 Å². The van der Waals surface area contributed by atoms with Crippen molar-refractivity contribution in [3.05, 3.63) is 0 Å². The standard InChI is InChI=1S/C12H19NO2/c1-2-3-4-5-8-13-12(14)11-6-9-15-10-7-11/h1,11H,3-10H2,(H,13,14). The maximum atomic E-state index is 11.6. The first-order chi connectivity index (χ1) is 7.34. The van der Waals surface area contributed by atoms with E-state index in [-0.39, 0.29) is 11.8 Å². The number of carbonyl (C=O) groups is 1. The van der Waals surface area contributed by atoms with Gasteiger partial charge in [-0.05, 0) is 25.7 Å². The molecule has 1 fully saturated rings. The third kappa shape index (κ3) is 4.85. The fourth-order valence-electron chi connectivity index (χ4n) is 1.67. The van der Waals surface area contributed by atoms with E-state index in [0.717, 1.165) is 51.9 Å². The van der Waals surface area contributed by atoms with Crippen LogP contribution in [0.25, 0.3) is 0 Å². The molecular weight excluding hydrogens is 190 g/mol. The SMILES string of the molecule is C#CCCCCNC(=O)C1CCOCC1. The number of nitrogens with one attached hydrogen (secondary N) is 1. The van der Waals surface area contributed by atoms with E-state index in [9.17, 15) is 4.79 Å². The van der Waals surface area contributed by atoms with Gasteiger partial charge in [-0.1, -0.05) is 0 Å². The lowest BCUT2D eigenvalue weighted by molar-refractivity contribution is -0.127. The molecule has 0 bridgehead atoms. The summed E-state index contributed by atoms with van der Waals surface area (Å²) in [6, 6.07) is 0. The highest BCUT2D eigenvalue weighted by molar-refractivity contribution is 5.78. The smallest absolute Gasteiger partial charge is 0.223 e. The van der Waals surface area contributed by atoms with Gasteiger partial charge in [0.15, 0.2) is 0 Å². The average Bonchev–Trinajstić information content (AvgIpc) is 2.30. The van der Waals surface area contributed by atoms with Crippen LogP contribution in [0.5, 0.6) is 0 Å². The van der Waals surface area contributed by atoms with E-state index in [1.54, 1.807) is 0 Å². The number of amides is 1. The molecule has 1 heterocycles. The number of carbonyl (C=O) groups excluding carboxylic acids is 1. The molecule has 0 aromatic heterocycles. The third-order valence-corrected chi connectivity index (χ3v) is 2.64. The van der Waals surface area contributed by atoms with Gasteiger partial charge in [-0.3, -0.25) is 4.79 Å². The Kier molecular flexibility index (Phi) is 5.87. The molecule has 15 heavy (non-hydrogen) atoms. The Labute approximate surface area is 91.6 Å². The van der Waals surface area contributed by atoms with Crippen LogP contribution in [0.15, 0.2) is 0 Å². The van der Waals surface area contributed by atoms with Crippen LogP contribution in [0.1, 0.15) is 32.1 Å². The average molecular weight is 209 g/mol. The second kappa shape index (κ2) is 7.30. The lowest BCUT2D eigenvalue weighted by atomic mass is 9.99.